The van der Waals surface area contributed by atoms with Crippen molar-refractivity contribution in [1.82, 2.24) is 5.32 Å². The second-order valence-corrected chi connectivity index (χ2v) is 4.68. The highest BCUT2D eigenvalue weighted by Crippen LogP contribution is 2.21. The van der Waals surface area contributed by atoms with E-state index in [1.807, 2.05) is 0 Å². The molecular weight excluding hydrogens is 241 g/mol. The fourth-order valence-electron chi connectivity index (χ4n) is 1.38. The van der Waals surface area contributed by atoms with Gasteiger partial charge in [-0.1, -0.05) is 18.2 Å². The number of nitrogens with one attached hydrogen (secondary N) is 1. The molecule has 92 valence electrons. The maximum Gasteiger partial charge on any atom is 0.142 e. The zero-order valence-corrected chi connectivity index (χ0v) is 10.3. The van der Waals surface area contributed by atoms with Crippen molar-refractivity contribution in [3.63, 3.8) is 0 Å². The first-order valence-corrected chi connectivity index (χ1v) is 6.01. The lowest BCUT2D eigenvalue weighted by molar-refractivity contribution is 0.347. The third kappa shape index (κ3) is 4.02. The zero-order valence-electron chi connectivity index (χ0n) is 9.51. The van der Waals surface area contributed by atoms with Gasteiger partial charge in [0.2, 0.25) is 0 Å². The maximum absolute atomic E-state index is 12.9. The summed E-state index contributed by atoms with van der Waals surface area (Å²) in [5, 5.41) is 3.42. The number of rotatable bonds is 6. The summed E-state index contributed by atoms with van der Waals surface area (Å²) in [6, 6.07) is 4.98. The van der Waals surface area contributed by atoms with Gasteiger partial charge in [0.1, 0.15) is 18.2 Å². The first-order valence-electron chi connectivity index (χ1n) is 5.63. The highest BCUT2D eigenvalue weighted by Gasteiger charge is 2.20. The van der Waals surface area contributed by atoms with Gasteiger partial charge in [-0.15, -0.1) is 0 Å². The SMILES string of the molecule is C=C(CNC1CC1)COc1ccc(F)c(Cl)c1. The van der Waals surface area contributed by atoms with Crippen LogP contribution in [0.1, 0.15) is 12.8 Å². The summed E-state index contributed by atoms with van der Waals surface area (Å²) in [6.07, 6.45) is 2.50. The Morgan fingerprint density at radius 3 is 2.94 bits per heavy atom. The largest absolute Gasteiger partial charge is 0.489 e. The molecule has 0 saturated heterocycles. The van der Waals surface area contributed by atoms with Crippen molar-refractivity contribution in [1.29, 1.82) is 0 Å². The predicted molar refractivity (Wildman–Crippen MR) is 67.1 cm³/mol. The van der Waals surface area contributed by atoms with Gasteiger partial charge in [-0.05, 0) is 30.5 Å². The summed E-state index contributed by atoms with van der Waals surface area (Å²) in [6.45, 7) is 5.10. The van der Waals surface area contributed by atoms with Crippen molar-refractivity contribution in [2.45, 2.75) is 18.9 Å². The first-order chi connectivity index (χ1) is 8.15. The second kappa shape index (κ2) is 5.52. The van der Waals surface area contributed by atoms with Crippen LogP contribution < -0.4 is 10.1 Å². The molecule has 1 aromatic rings. The zero-order chi connectivity index (χ0) is 12.3. The van der Waals surface area contributed by atoms with Gasteiger partial charge in [-0.25, -0.2) is 4.39 Å². The van der Waals surface area contributed by atoms with E-state index in [1.165, 1.54) is 25.0 Å². The molecule has 0 amide bonds. The molecule has 2 nitrogen and oxygen atoms in total. The van der Waals surface area contributed by atoms with E-state index in [9.17, 15) is 4.39 Å². The number of ether oxygens (including phenoxy) is 1. The fraction of sp³-hybridized carbons (Fsp3) is 0.385. The van der Waals surface area contributed by atoms with Crippen molar-refractivity contribution in [3.8, 4) is 5.75 Å². The van der Waals surface area contributed by atoms with Crippen molar-refractivity contribution < 1.29 is 9.13 Å². The number of halogens is 2. The van der Waals surface area contributed by atoms with E-state index in [2.05, 4.69) is 11.9 Å². The summed E-state index contributed by atoms with van der Waals surface area (Å²) >= 11 is 5.65. The second-order valence-electron chi connectivity index (χ2n) is 4.27. The Morgan fingerprint density at radius 1 is 1.53 bits per heavy atom. The summed E-state index contributed by atoms with van der Waals surface area (Å²) < 4.78 is 18.4. The summed E-state index contributed by atoms with van der Waals surface area (Å²) in [4.78, 5) is 0. The molecule has 0 bridgehead atoms. The Balaban J connectivity index is 1.75. The monoisotopic (exact) mass is 255 g/mol. The molecule has 1 aliphatic rings. The highest BCUT2D eigenvalue weighted by atomic mass is 35.5. The molecule has 0 heterocycles. The van der Waals surface area contributed by atoms with E-state index in [4.69, 9.17) is 16.3 Å². The Bertz CT molecular complexity index is 418. The Kier molecular flexibility index (Phi) is 4.02. The Labute approximate surface area is 105 Å². The van der Waals surface area contributed by atoms with Crippen LogP contribution in [0.2, 0.25) is 5.02 Å². The Hall–Kier alpha value is -1.06. The normalized spacial score (nSPS) is 14.7. The van der Waals surface area contributed by atoms with E-state index in [-0.39, 0.29) is 5.02 Å². The van der Waals surface area contributed by atoms with Gasteiger partial charge in [0.25, 0.3) is 0 Å². The van der Waals surface area contributed by atoms with Crippen LogP contribution in [0.25, 0.3) is 0 Å². The topological polar surface area (TPSA) is 21.3 Å². The molecule has 1 fully saturated rings. The van der Waals surface area contributed by atoms with Crippen LogP contribution in [0.5, 0.6) is 5.75 Å². The average molecular weight is 256 g/mol. The van der Waals surface area contributed by atoms with Crippen molar-refractivity contribution in [2.75, 3.05) is 13.2 Å². The molecule has 0 unspecified atom stereocenters. The smallest absolute Gasteiger partial charge is 0.142 e. The molecule has 1 saturated carbocycles. The van der Waals surface area contributed by atoms with Crippen molar-refractivity contribution in [2.24, 2.45) is 0 Å². The van der Waals surface area contributed by atoms with Crippen LogP contribution in [-0.2, 0) is 0 Å². The van der Waals surface area contributed by atoms with Gasteiger partial charge >= 0.3 is 0 Å². The van der Waals surface area contributed by atoms with Crippen LogP contribution in [0.15, 0.2) is 30.4 Å². The fourth-order valence-corrected chi connectivity index (χ4v) is 1.55. The van der Waals surface area contributed by atoms with E-state index >= 15 is 0 Å². The van der Waals surface area contributed by atoms with E-state index in [1.54, 1.807) is 6.07 Å². The van der Waals surface area contributed by atoms with Crippen LogP contribution >= 0.6 is 11.6 Å². The summed E-state index contributed by atoms with van der Waals surface area (Å²) in [5.41, 5.74) is 0.970. The summed E-state index contributed by atoms with van der Waals surface area (Å²) in [7, 11) is 0. The molecule has 0 aliphatic heterocycles. The van der Waals surface area contributed by atoms with Gasteiger partial charge < -0.3 is 10.1 Å². The summed E-state index contributed by atoms with van der Waals surface area (Å²) in [5.74, 6) is 0.122. The highest BCUT2D eigenvalue weighted by molar-refractivity contribution is 6.30. The quantitative estimate of drug-likeness (QED) is 0.789. The van der Waals surface area contributed by atoms with Crippen LogP contribution in [0, 0.1) is 5.82 Å². The lowest BCUT2D eigenvalue weighted by Gasteiger charge is -2.09. The molecule has 4 heteroatoms. The van der Waals surface area contributed by atoms with Gasteiger partial charge in [-0.3, -0.25) is 0 Å². The third-order valence-electron chi connectivity index (χ3n) is 2.55. The van der Waals surface area contributed by atoms with Crippen molar-refractivity contribution in [3.05, 3.63) is 41.2 Å². The van der Waals surface area contributed by atoms with E-state index in [0.717, 1.165) is 12.1 Å². The van der Waals surface area contributed by atoms with Gasteiger partial charge in [0.15, 0.2) is 0 Å². The number of hydrogen-bond acceptors (Lipinski definition) is 2. The molecular formula is C13H15ClFNO. The van der Waals surface area contributed by atoms with Crippen LogP contribution in [-0.4, -0.2) is 19.2 Å². The molecule has 0 aromatic heterocycles. The van der Waals surface area contributed by atoms with Crippen LogP contribution in [0.4, 0.5) is 4.39 Å². The van der Waals surface area contributed by atoms with E-state index in [0.29, 0.717) is 18.4 Å². The Morgan fingerprint density at radius 2 is 2.29 bits per heavy atom. The lowest BCUT2D eigenvalue weighted by Crippen LogP contribution is -2.21. The van der Waals surface area contributed by atoms with Gasteiger partial charge in [-0.2, -0.15) is 0 Å². The van der Waals surface area contributed by atoms with Gasteiger partial charge in [0, 0.05) is 18.7 Å². The minimum Gasteiger partial charge on any atom is -0.489 e. The number of hydrogen-bond donors (Lipinski definition) is 1. The van der Waals surface area contributed by atoms with Gasteiger partial charge in [0.05, 0.1) is 5.02 Å². The molecule has 1 aromatic carbocycles. The molecule has 1 N–H and O–H groups in total. The molecule has 17 heavy (non-hydrogen) atoms. The third-order valence-corrected chi connectivity index (χ3v) is 2.84. The molecule has 0 atom stereocenters. The average Bonchev–Trinajstić information content (AvgIpc) is 3.12. The van der Waals surface area contributed by atoms with Crippen molar-refractivity contribution >= 4 is 11.6 Å². The predicted octanol–water partition coefficient (Wildman–Crippen LogP) is 3.17. The standard InChI is InChI=1S/C13H15ClFNO/c1-9(7-16-10-2-3-10)8-17-11-4-5-13(15)12(14)6-11/h4-6,10,16H,1-3,7-8H2. The molecule has 0 spiro atoms. The molecule has 0 radical (unpaired) electrons. The van der Waals surface area contributed by atoms with E-state index < -0.39 is 5.82 Å². The first kappa shape index (κ1) is 12.4. The number of benzene rings is 1. The molecule has 2 rings (SSSR count). The maximum atomic E-state index is 12.9. The van der Waals surface area contributed by atoms with Crippen LogP contribution in [0.3, 0.4) is 0 Å². The minimum absolute atomic E-state index is 0.0733. The molecule has 1 aliphatic carbocycles. The lowest BCUT2D eigenvalue weighted by atomic mass is 10.3. The minimum atomic E-state index is -0.437.